The summed E-state index contributed by atoms with van der Waals surface area (Å²) in [7, 11) is 0. The minimum Gasteiger partial charge on any atom is -0.475 e. The molecule has 0 fully saturated rings. The highest BCUT2D eigenvalue weighted by atomic mass is 16.4. The third-order valence-electron chi connectivity index (χ3n) is 0.868. The van der Waals surface area contributed by atoms with E-state index in [1.54, 1.807) is 4.98 Å². The summed E-state index contributed by atoms with van der Waals surface area (Å²) in [6.07, 6.45) is 0. The van der Waals surface area contributed by atoms with Gasteiger partial charge in [-0.25, -0.2) is 14.4 Å². The van der Waals surface area contributed by atoms with Crippen LogP contribution in [0.4, 0.5) is 0 Å². The molecular weight excluding hydrogens is 157 g/mol. The summed E-state index contributed by atoms with van der Waals surface area (Å²) in [5.74, 6) is -2.12. The number of carbonyl (C=O) groups is 1. The number of carboxylic acids is 1. The Bertz CT molecular complexity index is 361. The molecule has 0 saturated carbocycles. The van der Waals surface area contributed by atoms with E-state index in [0.717, 1.165) is 0 Å². The average molecular weight is 160 g/mol. The second-order valence-corrected chi connectivity index (χ2v) is 1.65. The van der Waals surface area contributed by atoms with Crippen molar-refractivity contribution in [3.63, 3.8) is 0 Å². The van der Waals surface area contributed by atoms with Crippen molar-refractivity contribution in [2.75, 3.05) is 0 Å². The summed E-state index contributed by atoms with van der Waals surface area (Å²) in [6, 6.07) is 0. The highest BCUT2D eigenvalue weighted by molar-refractivity contribution is 5.82. The van der Waals surface area contributed by atoms with Crippen molar-refractivity contribution in [3.05, 3.63) is 26.8 Å². The maximum absolute atomic E-state index is 10.4. The van der Waals surface area contributed by atoms with E-state index < -0.39 is 23.2 Å². The molecule has 11 heavy (non-hydrogen) atoms. The van der Waals surface area contributed by atoms with Crippen molar-refractivity contribution >= 4 is 5.97 Å². The van der Waals surface area contributed by atoms with Gasteiger partial charge in [-0.05, 0) is 0 Å². The minimum atomic E-state index is -1.45. The number of rotatable bonds is 1. The number of nitrogens with zero attached hydrogens (tertiary/aromatic N) is 1. The Morgan fingerprint density at radius 2 is 2.00 bits per heavy atom. The van der Waals surface area contributed by atoms with Gasteiger partial charge in [0.25, 0.3) is 0 Å². The van der Waals surface area contributed by atoms with Crippen LogP contribution >= 0.6 is 0 Å². The van der Waals surface area contributed by atoms with Crippen molar-refractivity contribution in [2.24, 2.45) is 0 Å². The van der Waals surface area contributed by atoms with Crippen LogP contribution in [0.25, 0.3) is 0 Å². The van der Waals surface area contributed by atoms with Crippen LogP contribution < -0.4 is 11.4 Å². The summed E-state index contributed by atoms with van der Waals surface area (Å²) < 4.78 is 0. The first-order chi connectivity index (χ1) is 5.09. The fourth-order valence-corrected chi connectivity index (χ4v) is 0.495. The third-order valence-corrected chi connectivity index (χ3v) is 0.868. The van der Waals surface area contributed by atoms with Crippen molar-refractivity contribution in [3.8, 4) is 0 Å². The van der Waals surface area contributed by atoms with Gasteiger partial charge in [-0.2, -0.15) is 4.98 Å². The van der Waals surface area contributed by atoms with E-state index in [2.05, 4.69) is 4.98 Å². The van der Waals surface area contributed by atoms with E-state index in [1.165, 1.54) is 0 Å². The quantitative estimate of drug-likeness (QED) is 0.446. The molecule has 1 aromatic rings. The van der Waals surface area contributed by atoms with Gasteiger partial charge in [0.15, 0.2) is 0 Å². The lowest BCUT2D eigenvalue weighted by atomic mass is 10.7. The maximum Gasteiger partial charge on any atom is 0.372 e. The zero-order valence-corrected chi connectivity index (χ0v) is 5.12. The molecule has 0 radical (unpaired) electrons. The van der Waals surface area contributed by atoms with Crippen LogP contribution in [0.2, 0.25) is 0 Å². The summed E-state index contributed by atoms with van der Waals surface area (Å²) in [4.78, 5) is 37.4. The molecular formula is C4H3N3O4. The number of aromatic amines is 2. The number of hydrogen-bond acceptors (Lipinski definition) is 4. The number of nitrogens with one attached hydrogen (secondary N) is 2. The number of hydrogen-bond donors (Lipinski definition) is 3. The predicted octanol–water partition coefficient (Wildman–Crippen LogP) is -1.84. The fourth-order valence-electron chi connectivity index (χ4n) is 0.495. The first-order valence-electron chi connectivity index (χ1n) is 2.53. The maximum atomic E-state index is 10.4. The average Bonchev–Trinajstić information content (AvgIpc) is 1.85. The first kappa shape index (κ1) is 7.19. The van der Waals surface area contributed by atoms with Crippen LogP contribution in [0.1, 0.15) is 10.6 Å². The molecule has 0 aliphatic carbocycles. The van der Waals surface area contributed by atoms with E-state index in [0.29, 0.717) is 0 Å². The standard InChI is InChI=1S/C4H3N3O4/c8-2(9)1-5-3(10)7-4(11)6-1/h(H,8,9)(H2,5,6,7,10,11)/i5+1,6+1,7+1. The van der Waals surface area contributed by atoms with Crippen molar-refractivity contribution in [1.82, 2.24) is 15.0 Å². The lowest BCUT2D eigenvalue weighted by Gasteiger charge is -1.88. The van der Waals surface area contributed by atoms with Gasteiger partial charge in [-0.3, -0.25) is 9.97 Å². The molecule has 3 N–H and O–H groups in total. The van der Waals surface area contributed by atoms with E-state index in [1.807, 2.05) is 4.98 Å². The summed E-state index contributed by atoms with van der Waals surface area (Å²) in [5, 5.41) is 8.25. The van der Waals surface area contributed by atoms with Gasteiger partial charge in [-0.15, -0.1) is 0 Å². The first-order valence-corrected chi connectivity index (χ1v) is 2.53. The Morgan fingerprint density at radius 1 is 1.36 bits per heavy atom. The largest absolute Gasteiger partial charge is 0.475 e. The summed E-state index contributed by atoms with van der Waals surface area (Å²) >= 11 is 0. The second-order valence-electron chi connectivity index (χ2n) is 1.65. The van der Waals surface area contributed by atoms with E-state index in [9.17, 15) is 14.4 Å². The molecule has 0 aliphatic heterocycles. The second kappa shape index (κ2) is 2.37. The lowest BCUT2D eigenvalue weighted by Crippen LogP contribution is -2.28. The van der Waals surface area contributed by atoms with Crippen LogP contribution in [-0.4, -0.2) is 26.0 Å². The molecule has 0 aromatic carbocycles. The number of aromatic nitrogens is 3. The number of aromatic carboxylic acids is 1. The van der Waals surface area contributed by atoms with Crippen LogP contribution in [-0.2, 0) is 0 Å². The van der Waals surface area contributed by atoms with Gasteiger partial charge in [0.1, 0.15) is 0 Å². The van der Waals surface area contributed by atoms with Crippen molar-refractivity contribution < 1.29 is 9.90 Å². The minimum absolute atomic E-state index is 0.668. The molecule has 0 aliphatic rings. The van der Waals surface area contributed by atoms with Gasteiger partial charge in [0.05, 0.1) is 0 Å². The molecule has 0 bridgehead atoms. The van der Waals surface area contributed by atoms with Gasteiger partial charge in [0.2, 0.25) is 5.82 Å². The van der Waals surface area contributed by atoms with E-state index in [-0.39, 0.29) is 0 Å². The molecule has 7 nitrogen and oxygen atoms in total. The highest BCUT2D eigenvalue weighted by Crippen LogP contribution is 1.75. The topological polar surface area (TPSA) is 116 Å². The molecule has 1 aromatic heterocycles. The Hall–Kier alpha value is -1.92. The molecule has 0 saturated heterocycles. The predicted molar refractivity (Wildman–Crippen MR) is 32.4 cm³/mol. The van der Waals surface area contributed by atoms with Crippen molar-refractivity contribution in [2.45, 2.75) is 0 Å². The molecule has 0 atom stereocenters. The third kappa shape index (κ3) is 1.51. The molecule has 0 spiro atoms. The molecule has 1 rings (SSSR count). The van der Waals surface area contributed by atoms with Gasteiger partial charge < -0.3 is 5.11 Å². The molecule has 58 valence electrons. The molecule has 7 heteroatoms. The smallest absolute Gasteiger partial charge is 0.372 e. The Labute approximate surface area is 58.7 Å². The normalized spacial score (nSPS) is 9.45. The summed E-state index contributed by atoms with van der Waals surface area (Å²) in [6.45, 7) is 0. The van der Waals surface area contributed by atoms with Gasteiger partial charge in [0, 0.05) is 0 Å². The Morgan fingerprint density at radius 3 is 2.45 bits per heavy atom. The zero-order valence-electron chi connectivity index (χ0n) is 5.12. The van der Waals surface area contributed by atoms with Crippen molar-refractivity contribution in [1.29, 1.82) is 0 Å². The molecule has 0 unspecified atom stereocenters. The van der Waals surface area contributed by atoms with Crippen LogP contribution in [0.5, 0.6) is 0 Å². The fraction of sp³-hybridized carbons (Fsp3) is 0. The van der Waals surface area contributed by atoms with E-state index >= 15 is 0 Å². The van der Waals surface area contributed by atoms with Gasteiger partial charge >= 0.3 is 17.3 Å². The Balaban J connectivity index is 3.42. The number of H-pyrrole nitrogens is 2. The lowest BCUT2D eigenvalue weighted by molar-refractivity contribution is 0.0682. The monoisotopic (exact) mass is 160 g/mol. The van der Waals surface area contributed by atoms with Crippen LogP contribution in [0.3, 0.4) is 0 Å². The molecule has 1 heterocycles. The summed E-state index contributed by atoms with van der Waals surface area (Å²) in [5.41, 5.74) is -1.87. The van der Waals surface area contributed by atoms with Crippen LogP contribution in [0.15, 0.2) is 9.59 Å². The number of carboxylic acid groups (broad SMARTS) is 1. The molecule has 0 amide bonds. The van der Waals surface area contributed by atoms with Gasteiger partial charge in [-0.1, -0.05) is 0 Å². The van der Waals surface area contributed by atoms with Crippen LogP contribution in [0, 0.1) is 0 Å². The highest BCUT2D eigenvalue weighted by Gasteiger charge is 2.05. The Kier molecular flexibility index (Phi) is 1.55. The SMILES string of the molecule is O=C(O)c1[15n]c(=O)[15nH]c(=O)[15nH]1. The zero-order chi connectivity index (χ0) is 8.43. The van der Waals surface area contributed by atoms with E-state index in [4.69, 9.17) is 5.11 Å².